The standard InChI is InChI=1S/C18H28N2/c1-15-6-8-16(9-7-15)12-20-13-17(2,3)19-18(14-20)10-4-5-11-18/h6-9,19H,4-5,10-14H2,1-3H3. The Kier molecular flexibility index (Phi) is 3.64. The van der Waals surface area contributed by atoms with Crippen LogP contribution in [-0.2, 0) is 6.54 Å². The van der Waals surface area contributed by atoms with E-state index in [1.165, 1.54) is 43.4 Å². The molecule has 3 rings (SSSR count). The van der Waals surface area contributed by atoms with Crippen LogP contribution in [0.2, 0.25) is 0 Å². The summed E-state index contributed by atoms with van der Waals surface area (Å²) >= 11 is 0. The largest absolute Gasteiger partial charge is 0.304 e. The first-order chi connectivity index (χ1) is 9.46. The van der Waals surface area contributed by atoms with Gasteiger partial charge >= 0.3 is 0 Å². The van der Waals surface area contributed by atoms with Gasteiger partial charge in [0.05, 0.1) is 0 Å². The third-order valence-electron chi connectivity index (χ3n) is 4.84. The van der Waals surface area contributed by atoms with E-state index in [-0.39, 0.29) is 5.54 Å². The van der Waals surface area contributed by atoms with Gasteiger partial charge in [-0.15, -0.1) is 0 Å². The fourth-order valence-electron chi connectivity index (χ4n) is 4.24. The van der Waals surface area contributed by atoms with Crippen LogP contribution in [0.15, 0.2) is 24.3 Å². The van der Waals surface area contributed by atoms with E-state index in [0.717, 1.165) is 13.1 Å². The number of aryl methyl sites for hydroxylation is 1. The predicted molar refractivity (Wildman–Crippen MR) is 84.9 cm³/mol. The van der Waals surface area contributed by atoms with E-state index in [0.29, 0.717) is 5.54 Å². The van der Waals surface area contributed by atoms with Gasteiger partial charge in [0.15, 0.2) is 0 Å². The maximum Gasteiger partial charge on any atom is 0.0314 e. The SMILES string of the molecule is Cc1ccc(CN2CC(C)(C)NC3(CCCC3)C2)cc1. The molecule has 1 spiro atoms. The molecule has 1 aromatic rings. The highest BCUT2D eigenvalue weighted by Gasteiger charge is 2.43. The summed E-state index contributed by atoms with van der Waals surface area (Å²) in [7, 11) is 0. The highest BCUT2D eigenvalue weighted by molar-refractivity contribution is 5.21. The Hall–Kier alpha value is -0.860. The third kappa shape index (κ3) is 3.07. The molecule has 1 saturated carbocycles. The van der Waals surface area contributed by atoms with Crippen molar-refractivity contribution in [3.05, 3.63) is 35.4 Å². The molecule has 0 amide bonds. The van der Waals surface area contributed by atoms with Crippen molar-refractivity contribution >= 4 is 0 Å². The van der Waals surface area contributed by atoms with Crippen LogP contribution >= 0.6 is 0 Å². The van der Waals surface area contributed by atoms with Gasteiger partial charge in [0, 0.05) is 30.7 Å². The van der Waals surface area contributed by atoms with Crippen LogP contribution in [0.1, 0.15) is 50.7 Å². The molecule has 2 aliphatic rings. The highest BCUT2D eigenvalue weighted by Crippen LogP contribution is 2.35. The van der Waals surface area contributed by atoms with Gasteiger partial charge in [-0.25, -0.2) is 0 Å². The van der Waals surface area contributed by atoms with Gasteiger partial charge in [-0.2, -0.15) is 0 Å². The Balaban J connectivity index is 1.73. The number of benzene rings is 1. The lowest BCUT2D eigenvalue weighted by atomic mass is 9.87. The summed E-state index contributed by atoms with van der Waals surface area (Å²) in [6.07, 6.45) is 5.48. The van der Waals surface area contributed by atoms with Crippen molar-refractivity contribution in [2.75, 3.05) is 13.1 Å². The Morgan fingerprint density at radius 1 is 1.05 bits per heavy atom. The van der Waals surface area contributed by atoms with Crippen LogP contribution in [-0.4, -0.2) is 29.1 Å². The lowest BCUT2D eigenvalue weighted by Crippen LogP contribution is -2.67. The molecule has 0 unspecified atom stereocenters. The average molecular weight is 272 g/mol. The lowest BCUT2D eigenvalue weighted by molar-refractivity contribution is 0.0573. The first-order valence-corrected chi connectivity index (χ1v) is 8.04. The van der Waals surface area contributed by atoms with Crippen molar-refractivity contribution in [1.29, 1.82) is 0 Å². The maximum absolute atomic E-state index is 3.95. The Bertz CT molecular complexity index is 455. The van der Waals surface area contributed by atoms with E-state index in [1.807, 2.05) is 0 Å². The molecule has 1 aromatic carbocycles. The maximum atomic E-state index is 3.95. The number of hydrogen-bond donors (Lipinski definition) is 1. The van der Waals surface area contributed by atoms with Gasteiger partial charge in [-0.05, 0) is 39.2 Å². The van der Waals surface area contributed by atoms with Crippen LogP contribution in [0, 0.1) is 6.92 Å². The zero-order chi connectivity index (χ0) is 14.2. The molecule has 0 radical (unpaired) electrons. The minimum absolute atomic E-state index is 0.229. The highest BCUT2D eigenvalue weighted by atomic mass is 15.3. The van der Waals surface area contributed by atoms with Crippen molar-refractivity contribution in [2.45, 2.75) is 64.1 Å². The second-order valence-electron chi connectivity index (χ2n) is 7.63. The van der Waals surface area contributed by atoms with Crippen molar-refractivity contribution in [1.82, 2.24) is 10.2 Å². The molecule has 1 N–H and O–H groups in total. The molecule has 20 heavy (non-hydrogen) atoms. The molecule has 1 heterocycles. The minimum atomic E-state index is 0.229. The van der Waals surface area contributed by atoms with Crippen molar-refractivity contribution in [2.24, 2.45) is 0 Å². The minimum Gasteiger partial charge on any atom is -0.304 e. The van der Waals surface area contributed by atoms with Crippen molar-refractivity contribution < 1.29 is 0 Å². The van der Waals surface area contributed by atoms with Gasteiger partial charge in [0.1, 0.15) is 0 Å². The summed E-state index contributed by atoms with van der Waals surface area (Å²) < 4.78 is 0. The number of rotatable bonds is 2. The van der Waals surface area contributed by atoms with E-state index in [1.54, 1.807) is 0 Å². The Morgan fingerprint density at radius 2 is 1.70 bits per heavy atom. The van der Waals surface area contributed by atoms with E-state index in [9.17, 15) is 0 Å². The average Bonchev–Trinajstić information content (AvgIpc) is 2.77. The summed E-state index contributed by atoms with van der Waals surface area (Å²) in [5, 5.41) is 3.95. The molecular formula is C18H28N2. The first-order valence-electron chi connectivity index (χ1n) is 8.04. The molecule has 2 fully saturated rings. The lowest BCUT2D eigenvalue weighted by Gasteiger charge is -2.50. The van der Waals surface area contributed by atoms with Crippen molar-refractivity contribution in [3.8, 4) is 0 Å². The second-order valence-corrected chi connectivity index (χ2v) is 7.63. The van der Waals surface area contributed by atoms with Crippen LogP contribution in [0.25, 0.3) is 0 Å². The fourth-order valence-corrected chi connectivity index (χ4v) is 4.24. The van der Waals surface area contributed by atoms with E-state index in [4.69, 9.17) is 0 Å². The summed E-state index contributed by atoms with van der Waals surface area (Å²) in [4.78, 5) is 2.66. The fraction of sp³-hybridized carbons (Fsp3) is 0.667. The normalized spacial score (nSPS) is 25.1. The van der Waals surface area contributed by atoms with Crippen LogP contribution in [0.5, 0.6) is 0 Å². The first kappa shape index (κ1) is 14.1. The summed E-state index contributed by atoms with van der Waals surface area (Å²) in [5.74, 6) is 0. The molecule has 110 valence electrons. The second kappa shape index (κ2) is 5.16. The smallest absolute Gasteiger partial charge is 0.0314 e. The number of hydrogen-bond acceptors (Lipinski definition) is 2. The van der Waals surface area contributed by atoms with Crippen LogP contribution in [0.4, 0.5) is 0 Å². The quantitative estimate of drug-likeness (QED) is 0.886. The zero-order valence-corrected chi connectivity index (χ0v) is 13.2. The summed E-state index contributed by atoms with van der Waals surface area (Å²) in [6.45, 7) is 10.3. The molecule has 0 aromatic heterocycles. The third-order valence-corrected chi connectivity index (χ3v) is 4.84. The van der Waals surface area contributed by atoms with Gasteiger partial charge in [-0.1, -0.05) is 42.7 Å². The molecule has 1 saturated heterocycles. The molecule has 0 bridgehead atoms. The molecular weight excluding hydrogens is 244 g/mol. The molecule has 1 aliphatic heterocycles. The molecule has 2 heteroatoms. The van der Waals surface area contributed by atoms with E-state index in [2.05, 4.69) is 55.3 Å². The van der Waals surface area contributed by atoms with Crippen LogP contribution < -0.4 is 5.32 Å². The number of piperazine rings is 1. The Labute approximate surface area is 123 Å². The molecule has 1 aliphatic carbocycles. The topological polar surface area (TPSA) is 15.3 Å². The van der Waals surface area contributed by atoms with E-state index < -0.39 is 0 Å². The van der Waals surface area contributed by atoms with E-state index >= 15 is 0 Å². The number of nitrogens with one attached hydrogen (secondary N) is 1. The number of nitrogens with zero attached hydrogens (tertiary/aromatic N) is 1. The predicted octanol–water partition coefficient (Wildman–Crippen LogP) is 3.49. The zero-order valence-electron chi connectivity index (χ0n) is 13.2. The molecule has 2 nitrogen and oxygen atoms in total. The van der Waals surface area contributed by atoms with Crippen LogP contribution in [0.3, 0.4) is 0 Å². The Morgan fingerprint density at radius 3 is 2.35 bits per heavy atom. The molecule has 0 atom stereocenters. The van der Waals surface area contributed by atoms with Gasteiger partial charge in [0.25, 0.3) is 0 Å². The van der Waals surface area contributed by atoms with Crippen molar-refractivity contribution in [3.63, 3.8) is 0 Å². The summed E-state index contributed by atoms with van der Waals surface area (Å²) in [6, 6.07) is 9.03. The van der Waals surface area contributed by atoms with Gasteiger partial charge < -0.3 is 5.32 Å². The van der Waals surface area contributed by atoms with Gasteiger partial charge in [0.2, 0.25) is 0 Å². The van der Waals surface area contributed by atoms with Gasteiger partial charge in [-0.3, -0.25) is 4.90 Å². The monoisotopic (exact) mass is 272 g/mol. The summed E-state index contributed by atoms with van der Waals surface area (Å²) in [5.41, 5.74) is 3.41.